The van der Waals surface area contributed by atoms with Crippen LogP contribution >= 0.6 is 0 Å². The van der Waals surface area contributed by atoms with E-state index in [1.807, 2.05) is 25.1 Å². The summed E-state index contributed by atoms with van der Waals surface area (Å²) in [6, 6.07) is 13.6. The van der Waals surface area contributed by atoms with Crippen LogP contribution < -0.4 is 4.74 Å². The van der Waals surface area contributed by atoms with E-state index in [0.29, 0.717) is 50.5 Å². The maximum atomic E-state index is 13.8. The van der Waals surface area contributed by atoms with E-state index in [9.17, 15) is 27.2 Å². The highest BCUT2D eigenvalue weighted by molar-refractivity contribution is 5.90. The van der Waals surface area contributed by atoms with Crippen molar-refractivity contribution in [2.75, 3.05) is 6.61 Å². The van der Waals surface area contributed by atoms with Gasteiger partial charge in [-0.25, -0.2) is 17.6 Å². The fraction of sp³-hybridized carbons (Fsp3) is 0.314. The van der Waals surface area contributed by atoms with E-state index < -0.39 is 35.2 Å². The minimum Gasteiger partial charge on any atom is -0.494 e. The molecule has 3 aromatic carbocycles. The van der Waals surface area contributed by atoms with Gasteiger partial charge in [-0.1, -0.05) is 24.0 Å². The quantitative estimate of drug-likeness (QED) is 0.0497. The molecule has 4 aromatic rings. The van der Waals surface area contributed by atoms with E-state index in [0.717, 1.165) is 33.3 Å². The molecule has 1 aromatic heterocycles. The van der Waals surface area contributed by atoms with Crippen molar-refractivity contribution < 1.29 is 42.1 Å². The van der Waals surface area contributed by atoms with Gasteiger partial charge >= 0.3 is 11.9 Å². The standard InChI is InChI=1S/C35H33F4NO5/c1-22-27(9-5-11-30(41)42)28-10-4-8-24(35(28)40(22)19-6-12-31(43)44)16-13-23-14-17-26(18-15-23)45-20-3-2-7-25-21-29(36)33(38)34(39)32(25)37/h4,8,10,14-15,17-18,21H,2-3,5-7,9,11-12,19-20H2,1H3,(H,41,42)(H,43,44). The number of aryl methyl sites for hydroxylation is 3. The van der Waals surface area contributed by atoms with Crippen molar-refractivity contribution >= 4 is 22.8 Å². The van der Waals surface area contributed by atoms with Crippen LogP contribution in [0.4, 0.5) is 17.6 Å². The average Bonchev–Trinajstić information content (AvgIpc) is 3.28. The molecule has 0 radical (unpaired) electrons. The molecule has 236 valence electrons. The Morgan fingerprint density at radius 2 is 1.53 bits per heavy atom. The Balaban J connectivity index is 1.43. The zero-order chi connectivity index (χ0) is 32.5. The second kappa shape index (κ2) is 15.3. The summed E-state index contributed by atoms with van der Waals surface area (Å²) in [5.74, 6) is -1.15. The molecule has 0 amide bonds. The molecule has 4 rings (SSSR count). The van der Waals surface area contributed by atoms with Gasteiger partial charge in [-0.15, -0.1) is 0 Å². The van der Waals surface area contributed by atoms with E-state index in [-0.39, 0.29) is 31.4 Å². The van der Waals surface area contributed by atoms with Gasteiger partial charge in [-0.2, -0.15) is 0 Å². The maximum Gasteiger partial charge on any atom is 0.303 e. The van der Waals surface area contributed by atoms with Crippen molar-refractivity contribution in [2.24, 2.45) is 0 Å². The van der Waals surface area contributed by atoms with Gasteiger partial charge in [0.05, 0.1) is 12.1 Å². The van der Waals surface area contributed by atoms with Crippen LogP contribution in [-0.4, -0.2) is 33.3 Å². The number of carboxylic acids is 2. The monoisotopic (exact) mass is 623 g/mol. The molecule has 45 heavy (non-hydrogen) atoms. The minimum absolute atomic E-state index is 0.0303. The van der Waals surface area contributed by atoms with Gasteiger partial charge in [0, 0.05) is 41.6 Å². The zero-order valence-electron chi connectivity index (χ0n) is 24.8. The molecular weight excluding hydrogens is 590 g/mol. The van der Waals surface area contributed by atoms with E-state index in [4.69, 9.17) is 14.9 Å². The zero-order valence-corrected chi connectivity index (χ0v) is 24.8. The minimum atomic E-state index is -1.82. The van der Waals surface area contributed by atoms with Crippen LogP contribution in [0.3, 0.4) is 0 Å². The summed E-state index contributed by atoms with van der Waals surface area (Å²) in [6.45, 7) is 2.74. The smallest absolute Gasteiger partial charge is 0.303 e. The third-order valence-electron chi connectivity index (χ3n) is 7.55. The summed E-state index contributed by atoms with van der Waals surface area (Å²) >= 11 is 0. The Kier molecular flexibility index (Phi) is 11.3. The molecule has 0 aliphatic carbocycles. The molecule has 0 fully saturated rings. The number of carbonyl (C=O) groups is 2. The number of aromatic nitrogens is 1. The number of benzene rings is 3. The first-order valence-electron chi connectivity index (χ1n) is 14.7. The van der Waals surface area contributed by atoms with Gasteiger partial charge in [0.1, 0.15) is 5.75 Å². The van der Waals surface area contributed by atoms with Crippen molar-refractivity contribution in [1.29, 1.82) is 0 Å². The second-order valence-electron chi connectivity index (χ2n) is 10.7. The van der Waals surface area contributed by atoms with Crippen LogP contribution in [0.1, 0.15) is 66.5 Å². The summed E-state index contributed by atoms with van der Waals surface area (Å²) in [5.41, 5.74) is 4.18. The summed E-state index contributed by atoms with van der Waals surface area (Å²) in [7, 11) is 0. The molecule has 10 heteroatoms. The molecule has 2 N–H and O–H groups in total. The Labute approximate surface area is 258 Å². The van der Waals surface area contributed by atoms with Crippen molar-refractivity contribution in [1.82, 2.24) is 4.57 Å². The van der Waals surface area contributed by atoms with Crippen molar-refractivity contribution in [3.05, 3.63) is 99.7 Å². The third-order valence-corrected chi connectivity index (χ3v) is 7.55. The number of halogens is 4. The van der Waals surface area contributed by atoms with Crippen LogP contribution in [0.5, 0.6) is 5.75 Å². The van der Waals surface area contributed by atoms with Crippen LogP contribution in [0.15, 0.2) is 48.5 Å². The molecule has 1 heterocycles. The number of carboxylic acid groups (broad SMARTS) is 2. The van der Waals surface area contributed by atoms with Crippen molar-refractivity contribution in [3.8, 4) is 17.6 Å². The topological polar surface area (TPSA) is 88.8 Å². The highest BCUT2D eigenvalue weighted by atomic mass is 19.2. The first-order chi connectivity index (χ1) is 21.6. The Morgan fingerprint density at radius 1 is 0.822 bits per heavy atom. The van der Waals surface area contributed by atoms with E-state index in [2.05, 4.69) is 16.4 Å². The van der Waals surface area contributed by atoms with Gasteiger partial charge in [0.25, 0.3) is 0 Å². The number of rotatable bonds is 14. The number of unbranched alkanes of at least 4 members (excludes halogenated alkanes) is 1. The molecule has 6 nitrogen and oxygen atoms in total. The summed E-state index contributed by atoms with van der Waals surface area (Å²) in [5, 5.41) is 19.2. The van der Waals surface area contributed by atoms with Crippen molar-refractivity contribution in [2.45, 2.75) is 64.8 Å². The van der Waals surface area contributed by atoms with Crippen LogP contribution in [-0.2, 0) is 29.0 Å². The lowest BCUT2D eigenvalue weighted by molar-refractivity contribution is -0.138. The molecule has 0 atom stereocenters. The average molecular weight is 624 g/mol. The van der Waals surface area contributed by atoms with Gasteiger partial charge in [0.15, 0.2) is 23.3 Å². The predicted octanol–water partition coefficient (Wildman–Crippen LogP) is 7.58. The first-order valence-corrected chi connectivity index (χ1v) is 14.7. The lowest BCUT2D eigenvalue weighted by Crippen LogP contribution is -2.05. The highest BCUT2D eigenvalue weighted by Crippen LogP contribution is 2.30. The molecule has 0 saturated heterocycles. The van der Waals surface area contributed by atoms with Gasteiger partial charge in [-0.3, -0.25) is 9.59 Å². The van der Waals surface area contributed by atoms with E-state index in [1.165, 1.54) is 0 Å². The highest BCUT2D eigenvalue weighted by Gasteiger charge is 2.19. The van der Waals surface area contributed by atoms with Gasteiger partial charge < -0.3 is 19.5 Å². The molecule has 0 spiro atoms. The predicted molar refractivity (Wildman–Crippen MR) is 161 cm³/mol. The number of nitrogens with zero attached hydrogens (tertiary/aromatic N) is 1. The Bertz CT molecular complexity index is 1750. The van der Waals surface area contributed by atoms with Crippen LogP contribution in [0, 0.1) is 42.0 Å². The van der Waals surface area contributed by atoms with Crippen molar-refractivity contribution in [3.63, 3.8) is 0 Å². The molecule has 0 unspecified atom stereocenters. The number of aliphatic carboxylic acids is 2. The fourth-order valence-corrected chi connectivity index (χ4v) is 5.29. The fourth-order valence-electron chi connectivity index (χ4n) is 5.29. The van der Waals surface area contributed by atoms with Gasteiger partial charge in [0.2, 0.25) is 0 Å². The summed E-state index contributed by atoms with van der Waals surface area (Å²) in [6.07, 6.45) is 2.51. The Morgan fingerprint density at radius 3 is 2.24 bits per heavy atom. The number of ether oxygens (including phenoxy) is 1. The first kappa shape index (κ1) is 33.1. The molecular formula is C35H33F4NO5. The molecule has 0 aliphatic rings. The van der Waals surface area contributed by atoms with Crippen LogP contribution in [0.25, 0.3) is 10.9 Å². The Hall–Kier alpha value is -4.78. The third kappa shape index (κ3) is 8.44. The summed E-state index contributed by atoms with van der Waals surface area (Å²) in [4.78, 5) is 22.2. The molecule has 0 bridgehead atoms. The normalized spacial score (nSPS) is 11.0. The number of fused-ring (bicyclic) bond motifs is 1. The maximum absolute atomic E-state index is 13.8. The van der Waals surface area contributed by atoms with E-state index >= 15 is 0 Å². The largest absolute Gasteiger partial charge is 0.494 e. The second-order valence-corrected chi connectivity index (χ2v) is 10.7. The lowest BCUT2D eigenvalue weighted by Gasteiger charge is -2.09. The SMILES string of the molecule is Cc1c(CCCC(=O)O)c2cccc(C#Cc3ccc(OCCCCc4cc(F)c(F)c(F)c4F)cc3)c2n1CCCC(=O)O. The lowest BCUT2D eigenvalue weighted by atomic mass is 10.0. The number of hydrogen-bond donors (Lipinski definition) is 2. The molecule has 0 saturated carbocycles. The number of para-hydroxylation sites is 1. The van der Waals surface area contributed by atoms with E-state index in [1.54, 1.807) is 24.3 Å². The van der Waals surface area contributed by atoms with Crippen LogP contribution in [0.2, 0.25) is 0 Å². The van der Waals surface area contributed by atoms with Gasteiger partial charge in [-0.05, 0) is 93.0 Å². The number of hydrogen-bond acceptors (Lipinski definition) is 3. The summed E-state index contributed by atoms with van der Waals surface area (Å²) < 4.78 is 61.5. The molecule has 0 aliphatic heterocycles.